The Labute approximate surface area is 186 Å². The predicted molar refractivity (Wildman–Crippen MR) is 122 cm³/mol. The van der Waals surface area contributed by atoms with Gasteiger partial charge >= 0.3 is 0 Å². The first-order valence-electron chi connectivity index (χ1n) is 10.8. The minimum atomic E-state index is 0.0586. The maximum atomic E-state index is 13.0. The van der Waals surface area contributed by atoms with E-state index in [9.17, 15) is 4.79 Å². The van der Waals surface area contributed by atoms with Crippen molar-refractivity contribution in [3.8, 4) is 17.0 Å². The highest BCUT2D eigenvalue weighted by Gasteiger charge is 2.31. The maximum absolute atomic E-state index is 13.0. The van der Waals surface area contributed by atoms with Gasteiger partial charge in [0.15, 0.2) is 0 Å². The third-order valence-electron chi connectivity index (χ3n) is 6.27. The molecule has 0 aliphatic carbocycles. The van der Waals surface area contributed by atoms with Crippen LogP contribution in [0.2, 0.25) is 0 Å². The van der Waals surface area contributed by atoms with Crippen molar-refractivity contribution in [1.82, 2.24) is 24.4 Å². The summed E-state index contributed by atoms with van der Waals surface area (Å²) >= 11 is 1.59. The SMILES string of the molecule is COc1ccc(-c2cn3nc(N4CCCC(C(=O)N5CCN(C)CC5)C4)sc3n2)cc1. The van der Waals surface area contributed by atoms with Crippen LogP contribution in [0.25, 0.3) is 16.2 Å². The first-order valence-corrected chi connectivity index (χ1v) is 11.7. The van der Waals surface area contributed by atoms with Gasteiger partial charge in [0.25, 0.3) is 0 Å². The molecule has 164 valence electrons. The van der Waals surface area contributed by atoms with Crippen molar-refractivity contribution in [2.24, 2.45) is 5.92 Å². The average Bonchev–Trinajstić information content (AvgIpc) is 3.39. The molecule has 1 atom stereocenters. The highest BCUT2D eigenvalue weighted by atomic mass is 32.1. The number of rotatable bonds is 4. The summed E-state index contributed by atoms with van der Waals surface area (Å²) in [5, 5.41) is 5.72. The Morgan fingerprint density at radius 2 is 1.90 bits per heavy atom. The Morgan fingerprint density at radius 3 is 2.61 bits per heavy atom. The Kier molecular flexibility index (Phi) is 5.54. The molecule has 2 fully saturated rings. The quantitative estimate of drug-likeness (QED) is 0.621. The summed E-state index contributed by atoms with van der Waals surface area (Å²) in [4.78, 5) is 25.3. The van der Waals surface area contributed by atoms with E-state index < -0.39 is 0 Å². The van der Waals surface area contributed by atoms with E-state index in [-0.39, 0.29) is 5.92 Å². The van der Waals surface area contributed by atoms with Crippen molar-refractivity contribution in [2.45, 2.75) is 12.8 Å². The van der Waals surface area contributed by atoms with E-state index >= 15 is 0 Å². The Balaban J connectivity index is 1.28. The van der Waals surface area contributed by atoms with Crippen LogP contribution in [-0.2, 0) is 4.79 Å². The fourth-order valence-corrected chi connectivity index (χ4v) is 5.27. The van der Waals surface area contributed by atoms with Crippen LogP contribution < -0.4 is 9.64 Å². The van der Waals surface area contributed by atoms with Crippen molar-refractivity contribution in [3.05, 3.63) is 30.5 Å². The second kappa shape index (κ2) is 8.47. The molecule has 0 radical (unpaired) electrons. The minimum absolute atomic E-state index is 0.0586. The molecule has 0 saturated carbocycles. The summed E-state index contributed by atoms with van der Waals surface area (Å²) in [5.41, 5.74) is 1.94. The number of hydrogen-bond donors (Lipinski definition) is 0. The van der Waals surface area contributed by atoms with E-state index in [4.69, 9.17) is 14.8 Å². The highest BCUT2D eigenvalue weighted by molar-refractivity contribution is 7.20. The summed E-state index contributed by atoms with van der Waals surface area (Å²) in [6.45, 7) is 5.28. The van der Waals surface area contributed by atoms with Crippen LogP contribution in [0.5, 0.6) is 5.75 Å². The number of carbonyl (C=O) groups is 1. The standard InChI is InChI=1S/C22H28N6O2S/c1-25-10-12-26(13-11-25)20(29)17-4-3-9-27(14-17)22-24-28-15-19(23-21(28)31-22)16-5-7-18(30-2)8-6-16/h5-8,15,17H,3-4,9-14H2,1-2H3. The van der Waals surface area contributed by atoms with Crippen LogP contribution in [0.1, 0.15) is 12.8 Å². The highest BCUT2D eigenvalue weighted by Crippen LogP contribution is 2.30. The molecule has 2 aromatic heterocycles. The van der Waals surface area contributed by atoms with E-state index in [2.05, 4.69) is 16.8 Å². The molecule has 4 heterocycles. The monoisotopic (exact) mass is 440 g/mol. The van der Waals surface area contributed by atoms with Gasteiger partial charge in [0.2, 0.25) is 16.0 Å². The molecule has 3 aromatic rings. The fraction of sp³-hybridized carbons (Fsp3) is 0.500. The predicted octanol–water partition coefficient (Wildman–Crippen LogP) is 2.46. The van der Waals surface area contributed by atoms with Gasteiger partial charge in [0, 0.05) is 44.8 Å². The van der Waals surface area contributed by atoms with E-state index in [1.54, 1.807) is 18.4 Å². The summed E-state index contributed by atoms with van der Waals surface area (Å²) in [6, 6.07) is 7.89. The van der Waals surface area contributed by atoms with Crippen LogP contribution in [-0.4, -0.2) is 83.7 Å². The fourth-order valence-electron chi connectivity index (χ4n) is 4.36. The van der Waals surface area contributed by atoms with Gasteiger partial charge in [-0.05, 0) is 44.2 Å². The summed E-state index contributed by atoms with van der Waals surface area (Å²) in [6.07, 6.45) is 3.95. The van der Waals surface area contributed by atoms with Gasteiger partial charge in [-0.3, -0.25) is 4.79 Å². The van der Waals surface area contributed by atoms with Gasteiger partial charge in [-0.15, -0.1) is 5.10 Å². The number of amides is 1. The van der Waals surface area contributed by atoms with Crippen LogP contribution in [0.15, 0.2) is 30.5 Å². The second-order valence-corrected chi connectivity index (χ2v) is 9.31. The van der Waals surface area contributed by atoms with Gasteiger partial charge in [-0.1, -0.05) is 11.3 Å². The van der Waals surface area contributed by atoms with Gasteiger partial charge in [-0.25, -0.2) is 9.50 Å². The summed E-state index contributed by atoms with van der Waals surface area (Å²) < 4.78 is 7.08. The number of likely N-dealkylation sites (N-methyl/N-ethyl adjacent to an activating group) is 1. The molecule has 8 nitrogen and oxygen atoms in total. The number of carbonyl (C=O) groups excluding carboxylic acids is 1. The Hall–Kier alpha value is -2.65. The number of imidazole rings is 1. The molecule has 0 bridgehead atoms. The molecule has 0 N–H and O–H groups in total. The molecule has 0 spiro atoms. The average molecular weight is 441 g/mol. The molecule has 5 rings (SSSR count). The number of fused-ring (bicyclic) bond motifs is 1. The molecular formula is C22H28N6O2S. The van der Waals surface area contributed by atoms with E-state index in [1.807, 2.05) is 39.9 Å². The Morgan fingerprint density at radius 1 is 1.13 bits per heavy atom. The van der Waals surface area contributed by atoms with Crippen LogP contribution in [0.4, 0.5) is 5.13 Å². The first-order chi connectivity index (χ1) is 15.1. The smallest absolute Gasteiger partial charge is 0.227 e. The summed E-state index contributed by atoms with van der Waals surface area (Å²) in [5.74, 6) is 1.19. The molecule has 1 amide bonds. The number of hydrogen-bond acceptors (Lipinski definition) is 7. The second-order valence-electron chi connectivity index (χ2n) is 8.38. The first kappa shape index (κ1) is 20.3. The Bertz CT molecular complexity index is 1020. The molecule has 2 aliphatic rings. The molecular weight excluding hydrogens is 412 g/mol. The van der Waals surface area contributed by atoms with Crippen LogP contribution >= 0.6 is 11.3 Å². The zero-order chi connectivity index (χ0) is 21.4. The number of benzene rings is 1. The normalized spacial score (nSPS) is 20.4. The van der Waals surface area contributed by atoms with Crippen LogP contribution in [0.3, 0.4) is 0 Å². The lowest BCUT2D eigenvalue weighted by molar-refractivity contribution is -0.137. The van der Waals surface area contributed by atoms with Gasteiger partial charge < -0.3 is 19.4 Å². The number of nitrogens with zero attached hydrogens (tertiary/aromatic N) is 6. The van der Waals surface area contributed by atoms with E-state index in [1.165, 1.54) is 0 Å². The van der Waals surface area contributed by atoms with Gasteiger partial charge in [-0.2, -0.15) is 0 Å². The van der Waals surface area contributed by atoms with Crippen molar-refractivity contribution in [3.63, 3.8) is 0 Å². The lowest BCUT2D eigenvalue weighted by Gasteiger charge is -2.37. The number of anilines is 1. The van der Waals surface area contributed by atoms with E-state index in [0.29, 0.717) is 5.91 Å². The van der Waals surface area contributed by atoms with Gasteiger partial charge in [0.05, 0.1) is 24.9 Å². The molecule has 2 aliphatic heterocycles. The molecule has 31 heavy (non-hydrogen) atoms. The van der Waals surface area contributed by atoms with Gasteiger partial charge in [0.1, 0.15) is 5.75 Å². The number of piperidine rings is 1. The lowest BCUT2D eigenvalue weighted by Crippen LogP contribution is -2.51. The van der Waals surface area contributed by atoms with Crippen molar-refractivity contribution < 1.29 is 9.53 Å². The van der Waals surface area contributed by atoms with Crippen LogP contribution in [0, 0.1) is 5.92 Å². The third-order valence-corrected chi connectivity index (χ3v) is 7.26. The van der Waals surface area contributed by atoms with Crippen molar-refractivity contribution in [2.75, 3.05) is 58.3 Å². The molecule has 1 aromatic carbocycles. The molecule has 9 heteroatoms. The molecule has 2 saturated heterocycles. The zero-order valence-corrected chi connectivity index (χ0v) is 18.8. The number of piperazine rings is 1. The van der Waals surface area contributed by atoms with Crippen molar-refractivity contribution >= 4 is 27.3 Å². The number of ether oxygens (including phenoxy) is 1. The maximum Gasteiger partial charge on any atom is 0.227 e. The lowest BCUT2D eigenvalue weighted by atomic mass is 9.96. The zero-order valence-electron chi connectivity index (χ0n) is 18.0. The topological polar surface area (TPSA) is 66.2 Å². The molecule has 1 unspecified atom stereocenters. The number of methoxy groups -OCH3 is 1. The minimum Gasteiger partial charge on any atom is -0.497 e. The van der Waals surface area contributed by atoms with Crippen molar-refractivity contribution in [1.29, 1.82) is 0 Å². The number of aromatic nitrogens is 3. The largest absolute Gasteiger partial charge is 0.497 e. The third kappa shape index (κ3) is 4.12. The van der Waals surface area contributed by atoms with E-state index in [0.717, 1.165) is 79.2 Å². The summed E-state index contributed by atoms with van der Waals surface area (Å²) in [7, 11) is 3.78.